The van der Waals surface area contributed by atoms with Crippen LogP contribution >= 0.6 is 0 Å². The first-order chi connectivity index (χ1) is 40.3. The van der Waals surface area contributed by atoms with Gasteiger partial charge in [-0.15, -0.1) is 0 Å². The Balaban J connectivity index is 0.000000288. The third-order valence-electron chi connectivity index (χ3n) is 18.1. The Labute approximate surface area is 490 Å². The molecule has 85 heavy (non-hydrogen) atoms. The minimum Gasteiger partial charge on any atom is -0.456 e. The van der Waals surface area contributed by atoms with E-state index >= 15 is 4.79 Å². The highest BCUT2D eigenvalue weighted by atomic mass is 16.6. The number of Topliss-reactive ketones (excluding diaryl/α,β-unsaturated/α-hetero) is 1. The number of aliphatic hydroxyl groups is 3. The van der Waals surface area contributed by atoms with Crippen molar-refractivity contribution in [2.45, 2.75) is 115 Å². The second-order valence-corrected chi connectivity index (χ2v) is 23.5. The molecule has 5 aromatic carbocycles. The molecular formula is C67H69N3O15. The third-order valence-corrected chi connectivity index (χ3v) is 18.1. The van der Waals surface area contributed by atoms with E-state index in [-0.39, 0.29) is 40.9 Å². The first kappa shape index (κ1) is 59.6. The van der Waals surface area contributed by atoms with Crippen LogP contribution in [0.3, 0.4) is 0 Å². The number of hydrogen-bond donors (Lipinski definition) is 4. The smallest absolute Gasteiger partial charge is 0.338 e. The van der Waals surface area contributed by atoms with Crippen molar-refractivity contribution in [3.05, 3.63) is 189 Å². The number of carbonyl (C=O) groups is 6. The molecule has 3 aliphatic carbocycles. The van der Waals surface area contributed by atoms with E-state index in [1.54, 1.807) is 97.3 Å². The monoisotopic (exact) mass is 1160 g/mol. The average molecular weight is 1160 g/mol. The summed E-state index contributed by atoms with van der Waals surface area (Å²) in [5, 5.41) is 42.5. The molecule has 0 spiro atoms. The second kappa shape index (κ2) is 22.8. The molecular weight excluding hydrogens is 1090 g/mol. The van der Waals surface area contributed by atoms with Crippen LogP contribution in [0.1, 0.15) is 92.3 Å². The molecule has 2 aromatic heterocycles. The number of esters is 4. The first-order valence-electron chi connectivity index (χ1n) is 28.2. The minimum absolute atomic E-state index is 0.00289. The van der Waals surface area contributed by atoms with Crippen LogP contribution in [0, 0.1) is 23.7 Å². The number of nitrogens with one attached hydrogen (secondary N) is 1. The van der Waals surface area contributed by atoms with Crippen LogP contribution in [0.5, 0.6) is 0 Å². The van der Waals surface area contributed by atoms with Crippen molar-refractivity contribution >= 4 is 57.5 Å². The number of rotatable bonds is 11. The number of pyridine rings is 1. The Kier molecular flexibility index (Phi) is 16.0. The fourth-order valence-electron chi connectivity index (χ4n) is 13.6. The summed E-state index contributed by atoms with van der Waals surface area (Å²) >= 11 is 0. The van der Waals surface area contributed by atoms with Crippen molar-refractivity contribution in [1.82, 2.24) is 14.5 Å². The van der Waals surface area contributed by atoms with Gasteiger partial charge in [-0.2, -0.15) is 0 Å². The van der Waals surface area contributed by atoms with Crippen molar-refractivity contribution < 1.29 is 67.8 Å². The van der Waals surface area contributed by atoms with Gasteiger partial charge in [-0.3, -0.25) is 28.5 Å². The van der Waals surface area contributed by atoms with Gasteiger partial charge in [0.25, 0.3) is 11.5 Å². The summed E-state index contributed by atoms with van der Waals surface area (Å²) in [5.41, 5.74) is -1.96. The lowest BCUT2D eigenvalue weighted by atomic mass is 9.44. The molecule has 18 nitrogen and oxygen atoms in total. The standard InChI is InChI=1S/C47H51NO14.C20H18N2O/c1-25-31(60-43(56)36(52)35(28-16-10-7-11-17-28)48-41(54)29-18-12-8-13-19-29)23-47(57)40(61-42(55)30-20-14-9-15-21-30)38-45(6,32(51)22-33-46(38,24-58-33)62-27(3)50)39(53)37(59-26(2)49)34(25)44(47,4)5;1-13-9-10-18-16(11-13)17-12-15(14-7-5-4-6-8-14)20(23)22(3)19(17)21(18)2/h7-21,31-33,35-38,40,51-52,57H,22-24H2,1-6H3,(H,48,54);4-12H,1-3H3/t31-,32-,33+,35-,36+,37+,38-,40-,45+,46-,47+;/m0./s1. The molecule has 4 N–H and O–H groups in total. The molecule has 4 aliphatic rings. The van der Waals surface area contributed by atoms with E-state index in [1.807, 2.05) is 50.5 Å². The van der Waals surface area contributed by atoms with Crippen LogP contribution in [-0.4, -0.2) is 114 Å². The molecule has 0 radical (unpaired) electrons. The number of benzene rings is 5. The number of ether oxygens (including phenoxy) is 5. The largest absolute Gasteiger partial charge is 0.456 e. The summed E-state index contributed by atoms with van der Waals surface area (Å²) in [6.07, 6.45) is -10.5. The molecule has 3 fully saturated rings. The van der Waals surface area contributed by atoms with E-state index < -0.39 is 113 Å². The summed E-state index contributed by atoms with van der Waals surface area (Å²) in [6, 6.07) is 41.3. The lowest BCUT2D eigenvalue weighted by molar-refractivity contribution is -0.346. The van der Waals surface area contributed by atoms with Gasteiger partial charge in [0.05, 0.1) is 41.2 Å². The van der Waals surface area contributed by atoms with Crippen LogP contribution in [0.25, 0.3) is 33.1 Å². The van der Waals surface area contributed by atoms with Crippen molar-refractivity contribution in [2.24, 2.45) is 30.8 Å². The second-order valence-electron chi connectivity index (χ2n) is 23.5. The van der Waals surface area contributed by atoms with Gasteiger partial charge in [0.2, 0.25) is 0 Å². The maximum absolute atomic E-state index is 15.5. The van der Waals surface area contributed by atoms with E-state index in [2.05, 4.69) is 35.0 Å². The van der Waals surface area contributed by atoms with Gasteiger partial charge in [-0.05, 0) is 85.5 Å². The highest BCUT2D eigenvalue weighted by molar-refractivity contribution is 6.08. The van der Waals surface area contributed by atoms with Crippen molar-refractivity contribution in [1.29, 1.82) is 0 Å². The summed E-state index contributed by atoms with van der Waals surface area (Å²) < 4.78 is 34.1. The molecule has 7 aromatic rings. The number of aromatic nitrogens is 2. The first-order valence-corrected chi connectivity index (χ1v) is 28.2. The fourth-order valence-corrected chi connectivity index (χ4v) is 13.6. The predicted molar refractivity (Wildman–Crippen MR) is 314 cm³/mol. The lowest BCUT2D eigenvalue weighted by Crippen LogP contribution is -2.82. The number of aliphatic hydroxyl groups excluding tert-OH is 2. The molecule has 1 amide bonds. The molecule has 11 atom stereocenters. The van der Waals surface area contributed by atoms with Gasteiger partial charge in [0.1, 0.15) is 29.6 Å². The predicted octanol–water partition coefficient (Wildman–Crippen LogP) is 7.74. The number of carbonyl (C=O) groups excluding carboxylic acids is 6. The maximum Gasteiger partial charge on any atom is 0.338 e. The summed E-state index contributed by atoms with van der Waals surface area (Å²) in [7, 11) is 3.87. The van der Waals surface area contributed by atoms with Crippen LogP contribution in [0.4, 0.5) is 0 Å². The van der Waals surface area contributed by atoms with Crippen LogP contribution < -0.4 is 10.9 Å². The molecule has 11 rings (SSSR count). The van der Waals surface area contributed by atoms with Gasteiger partial charge in [0.15, 0.2) is 23.6 Å². The number of nitrogens with zero attached hydrogens (tertiary/aromatic N) is 2. The highest BCUT2D eigenvalue weighted by Gasteiger charge is 2.78. The summed E-state index contributed by atoms with van der Waals surface area (Å²) in [6.45, 7) is 10.1. The fraction of sp³-hybridized carbons (Fsp3) is 0.358. The van der Waals surface area contributed by atoms with Crippen LogP contribution in [-0.2, 0) is 57.0 Å². The number of ketones is 1. The average Bonchev–Trinajstić information content (AvgIpc) is 1.17. The van der Waals surface area contributed by atoms with E-state index in [0.717, 1.165) is 41.5 Å². The number of amides is 1. The van der Waals surface area contributed by atoms with Crippen molar-refractivity contribution in [2.75, 3.05) is 6.61 Å². The van der Waals surface area contributed by atoms with Gasteiger partial charge < -0.3 is 48.9 Å². The lowest BCUT2D eigenvalue weighted by Gasteiger charge is -2.67. The number of aryl methyl sites for hydroxylation is 3. The van der Waals surface area contributed by atoms with Crippen molar-refractivity contribution in [3.63, 3.8) is 0 Å². The van der Waals surface area contributed by atoms with E-state index in [9.17, 15) is 44.1 Å². The topological polar surface area (TPSA) is 248 Å². The molecule has 18 heteroatoms. The zero-order valence-electron chi connectivity index (χ0n) is 48.7. The molecule has 442 valence electrons. The zero-order chi connectivity index (χ0) is 61.1. The number of fused-ring (bicyclic) bond motifs is 8. The maximum atomic E-state index is 15.5. The minimum atomic E-state index is -2.39. The Morgan fingerprint density at radius 1 is 0.729 bits per heavy atom. The van der Waals surface area contributed by atoms with Gasteiger partial charge >= 0.3 is 23.9 Å². The summed E-state index contributed by atoms with van der Waals surface area (Å²) in [5.74, 6) is -6.84. The molecule has 2 bridgehead atoms. The van der Waals surface area contributed by atoms with Gasteiger partial charge in [0, 0.05) is 68.1 Å². The molecule has 3 heterocycles. The quantitative estimate of drug-likeness (QED) is 0.0549. The van der Waals surface area contributed by atoms with Crippen molar-refractivity contribution in [3.8, 4) is 11.1 Å². The van der Waals surface area contributed by atoms with E-state index in [4.69, 9.17) is 23.7 Å². The van der Waals surface area contributed by atoms with Crippen LogP contribution in [0.15, 0.2) is 162 Å². The van der Waals surface area contributed by atoms with E-state index in [0.29, 0.717) is 5.56 Å². The Bertz CT molecular complexity index is 3860. The Hall–Kier alpha value is -8.55. The normalized spacial score (nSPS) is 26.3. The van der Waals surface area contributed by atoms with Gasteiger partial charge in [-0.25, -0.2) is 9.59 Å². The zero-order valence-corrected chi connectivity index (χ0v) is 48.7. The molecule has 0 unspecified atom stereocenters. The third kappa shape index (κ3) is 10.2. The molecule has 1 saturated heterocycles. The Morgan fingerprint density at radius 2 is 1.33 bits per heavy atom. The summed E-state index contributed by atoms with van der Waals surface area (Å²) in [4.78, 5) is 96.3. The van der Waals surface area contributed by atoms with Gasteiger partial charge in [-0.1, -0.05) is 123 Å². The molecule has 2 saturated carbocycles. The highest BCUT2D eigenvalue weighted by Crippen LogP contribution is 2.64. The molecule has 1 aliphatic heterocycles. The van der Waals surface area contributed by atoms with E-state index in [1.165, 1.54) is 36.9 Å². The SMILES string of the molecule is CC(=O)O[C@H]1C(=O)[C@@]2(C)[C@H]([C@H](OC(=O)c3ccccc3)[C@]3(O)C[C@H](OC(=O)[C@H](O)[C@@H](NC(=O)c4ccccc4)c4ccccc4)C(C)=C1C3(C)C)[C@]1(OC(C)=O)CO[C@@H]1C[C@@H]2O.Cc1ccc2c(c1)c1cc(-c3ccccc3)c(=O)n(C)c1n2C. The van der Waals surface area contributed by atoms with Crippen LogP contribution in [0.2, 0.25) is 0 Å². The number of hydrogen-bond acceptors (Lipinski definition) is 15. The Morgan fingerprint density at radius 3 is 1.92 bits per heavy atom.